The van der Waals surface area contributed by atoms with Crippen LogP contribution >= 0.6 is 73.0 Å². The van der Waals surface area contributed by atoms with E-state index in [9.17, 15) is 9.13 Å². The molecule has 0 spiro atoms. The third kappa shape index (κ3) is 2.92. The van der Waals surface area contributed by atoms with Crippen molar-refractivity contribution >= 4 is 83.6 Å². The Kier molecular flexibility index (Phi) is 5.88. The predicted molar refractivity (Wildman–Crippen MR) is 75.9 cm³/mol. The van der Waals surface area contributed by atoms with E-state index in [1.54, 1.807) is 6.92 Å². The van der Waals surface area contributed by atoms with Crippen LogP contribution in [0.25, 0.3) is 0 Å². The zero-order valence-electron chi connectivity index (χ0n) is 6.99. The third-order valence-electron chi connectivity index (χ3n) is 1.30. The molecule has 0 aliphatic rings. The van der Waals surface area contributed by atoms with E-state index >= 15 is 0 Å². The van der Waals surface area contributed by atoms with E-state index in [0.717, 1.165) is 5.77 Å². The van der Waals surface area contributed by atoms with Crippen LogP contribution in [-0.4, -0.2) is 6.61 Å². The van der Waals surface area contributed by atoms with E-state index in [1.807, 2.05) is 0 Å². The average Bonchev–Trinajstić information content (AvgIpc) is 2.40. The van der Waals surface area contributed by atoms with Crippen molar-refractivity contribution in [2.75, 3.05) is 6.61 Å². The molecule has 1 aromatic heterocycles. The van der Waals surface area contributed by atoms with Gasteiger partial charge in [-0.05, 0) is 56.7 Å². The van der Waals surface area contributed by atoms with Crippen LogP contribution < -0.4 is 10.6 Å². The molecule has 76 valence electrons. The molecule has 0 fully saturated rings. The molecule has 3 nitrogen and oxygen atoms in total. The fraction of sp³-hybridized carbons (Fsp3) is 0.333. The molecule has 0 saturated heterocycles. The molecule has 1 unspecified atom stereocenters. The van der Waals surface area contributed by atoms with E-state index < -0.39 is 8.03 Å². The summed E-state index contributed by atoms with van der Waals surface area (Å²) in [4.78, 5) is 0. The standard InChI is InChI=1S/C6H5I2O3P2S/c1-2-11-13(10)4-3(12-9)5(7)14-6(4)8/h2H2,1H3/q+1. The zero-order chi connectivity index (χ0) is 10.7. The minimum atomic E-state index is -1.86. The van der Waals surface area contributed by atoms with E-state index in [1.165, 1.54) is 11.3 Å². The number of thiophene rings is 1. The Bertz CT molecular complexity index is 379. The highest BCUT2D eigenvalue weighted by molar-refractivity contribution is 14.1. The highest BCUT2D eigenvalue weighted by Crippen LogP contribution is 2.30. The quantitative estimate of drug-likeness (QED) is 0.499. The van der Waals surface area contributed by atoms with Gasteiger partial charge in [0.2, 0.25) is 0 Å². The first-order valence-corrected chi connectivity index (χ1v) is 8.49. The van der Waals surface area contributed by atoms with Crippen molar-refractivity contribution in [3.8, 4) is 0 Å². The molecule has 0 bridgehead atoms. The Morgan fingerprint density at radius 1 is 1.50 bits per heavy atom. The van der Waals surface area contributed by atoms with Crippen molar-refractivity contribution in [3.05, 3.63) is 5.77 Å². The van der Waals surface area contributed by atoms with Crippen LogP contribution in [0.3, 0.4) is 0 Å². The molecule has 0 N–H and O–H groups in total. The monoisotopic (exact) mass is 473 g/mol. The summed E-state index contributed by atoms with van der Waals surface area (Å²) in [5, 5.41) is 1.20. The maximum atomic E-state index is 11.6. The first kappa shape index (κ1) is 13.4. The van der Waals surface area contributed by atoms with Gasteiger partial charge in [-0.2, -0.15) is 0 Å². The van der Waals surface area contributed by atoms with Gasteiger partial charge < -0.3 is 0 Å². The second kappa shape index (κ2) is 6.15. The van der Waals surface area contributed by atoms with Crippen LogP contribution in [0.5, 0.6) is 0 Å². The van der Waals surface area contributed by atoms with Gasteiger partial charge in [-0.1, -0.05) is 0 Å². The summed E-state index contributed by atoms with van der Waals surface area (Å²) >= 11 is 5.66. The SMILES string of the molecule is CCO[P+](=O)c1c(I)sc(I)c1P=O. The number of hydrogen-bond donors (Lipinski definition) is 0. The van der Waals surface area contributed by atoms with Crippen LogP contribution in [-0.2, 0) is 13.7 Å². The van der Waals surface area contributed by atoms with Crippen LogP contribution in [0.15, 0.2) is 0 Å². The molecule has 0 radical (unpaired) electrons. The number of halogens is 2. The molecule has 0 amide bonds. The molecule has 1 heterocycles. The van der Waals surface area contributed by atoms with Crippen molar-refractivity contribution in [2.24, 2.45) is 0 Å². The number of rotatable bonds is 4. The molecule has 8 heteroatoms. The predicted octanol–water partition coefficient (Wildman–Crippen LogP) is 3.28. The molecular weight excluding hydrogens is 468 g/mol. The smallest absolute Gasteiger partial charge is 0.269 e. The molecule has 0 aliphatic carbocycles. The van der Waals surface area contributed by atoms with Crippen LogP contribution in [0, 0.1) is 5.77 Å². The fourth-order valence-electron chi connectivity index (χ4n) is 0.781. The van der Waals surface area contributed by atoms with Gasteiger partial charge in [-0.15, -0.1) is 15.9 Å². The summed E-state index contributed by atoms with van der Waals surface area (Å²) in [7, 11) is -1.96. The Hall–Kier alpha value is 1.32. The molecule has 1 rings (SSSR count). The Morgan fingerprint density at radius 2 is 2.14 bits per heavy atom. The van der Waals surface area contributed by atoms with Crippen LogP contribution in [0.2, 0.25) is 0 Å². The maximum Gasteiger partial charge on any atom is 0.551 e. The minimum Gasteiger partial charge on any atom is -0.269 e. The van der Waals surface area contributed by atoms with Crippen molar-refractivity contribution in [2.45, 2.75) is 6.92 Å². The molecular formula is C6H5I2O3P2S+. The fourth-order valence-corrected chi connectivity index (χ4v) is 7.96. The van der Waals surface area contributed by atoms with Crippen molar-refractivity contribution in [1.29, 1.82) is 0 Å². The largest absolute Gasteiger partial charge is 0.551 e. The second-order valence-electron chi connectivity index (χ2n) is 2.11. The normalized spacial score (nSPS) is 12.1. The lowest BCUT2D eigenvalue weighted by Gasteiger charge is -1.84. The van der Waals surface area contributed by atoms with Crippen molar-refractivity contribution in [1.82, 2.24) is 0 Å². The first-order valence-electron chi connectivity index (χ1n) is 3.53. The van der Waals surface area contributed by atoms with E-state index in [0.29, 0.717) is 17.2 Å². The van der Waals surface area contributed by atoms with Crippen LogP contribution in [0.1, 0.15) is 6.92 Å². The Labute approximate surface area is 115 Å². The minimum absolute atomic E-state index is 0.0943. The summed E-state index contributed by atoms with van der Waals surface area (Å²) in [5.74, 6) is 0. The highest BCUT2D eigenvalue weighted by Gasteiger charge is 2.34. The van der Waals surface area contributed by atoms with E-state index in [2.05, 4.69) is 45.2 Å². The zero-order valence-corrected chi connectivity index (χ0v) is 13.9. The van der Waals surface area contributed by atoms with Crippen LogP contribution in [0.4, 0.5) is 0 Å². The molecule has 14 heavy (non-hydrogen) atoms. The first-order chi connectivity index (χ1) is 6.61. The second-order valence-corrected chi connectivity index (χ2v) is 8.60. The lowest BCUT2D eigenvalue weighted by atomic mass is 10.7. The summed E-state index contributed by atoms with van der Waals surface area (Å²) in [6.45, 7) is 2.18. The molecule has 0 aromatic carbocycles. The van der Waals surface area contributed by atoms with Crippen molar-refractivity contribution in [3.63, 3.8) is 0 Å². The Balaban J connectivity index is 3.18. The van der Waals surface area contributed by atoms with Gasteiger partial charge in [0.1, 0.15) is 14.8 Å². The summed E-state index contributed by atoms with van der Waals surface area (Å²) in [6, 6.07) is 0. The Morgan fingerprint density at radius 3 is 2.64 bits per heavy atom. The van der Waals surface area contributed by atoms with Gasteiger partial charge in [0.15, 0.2) is 8.46 Å². The third-order valence-corrected chi connectivity index (χ3v) is 7.73. The van der Waals surface area contributed by atoms with E-state index in [-0.39, 0.29) is 8.46 Å². The summed E-state index contributed by atoms with van der Waals surface area (Å²) in [6.07, 6.45) is 0. The summed E-state index contributed by atoms with van der Waals surface area (Å²) < 4.78 is 29.3. The van der Waals surface area contributed by atoms with Gasteiger partial charge >= 0.3 is 8.03 Å². The van der Waals surface area contributed by atoms with Gasteiger partial charge in [-0.25, -0.2) is 0 Å². The lowest BCUT2D eigenvalue weighted by molar-refractivity contribution is 0.357. The topological polar surface area (TPSA) is 43.4 Å². The molecule has 1 atom stereocenters. The lowest BCUT2D eigenvalue weighted by Crippen LogP contribution is -2.15. The highest BCUT2D eigenvalue weighted by atomic mass is 127. The van der Waals surface area contributed by atoms with Gasteiger partial charge in [-0.3, -0.25) is 4.57 Å². The molecule has 0 saturated carbocycles. The number of hydrogen-bond acceptors (Lipinski definition) is 4. The molecule has 0 aliphatic heterocycles. The van der Waals surface area contributed by atoms with E-state index in [4.69, 9.17) is 4.52 Å². The van der Waals surface area contributed by atoms with Gasteiger partial charge in [0.25, 0.3) is 5.30 Å². The average molecular weight is 473 g/mol. The maximum absolute atomic E-state index is 11.6. The molecule has 1 aromatic rings. The van der Waals surface area contributed by atoms with Crippen molar-refractivity contribution < 1.29 is 13.7 Å². The van der Waals surface area contributed by atoms with Gasteiger partial charge in [0, 0.05) is 0 Å². The van der Waals surface area contributed by atoms with Gasteiger partial charge in [0.05, 0.1) is 2.88 Å². The summed E-state index contributed by atoms with van der Waals surface area (Å²) in [5.41, 5.74) is 0.